The van der Waals surface area contributed by atoms with Gasteiger partial charge < -0.3 is 14.2 Å². The number of urea groups is 1. The molecule has 1 aromatic carbocycles. The minimum Gasteiger partial charge on any atom is -0.496 e. The van der Waals surface area contributed by atoms with E-state index in [-0.39, 0.29) is 11.6 Å². The highest BCUT2D eigenvalue weighted by molar-refractivity contribution is 6.31. The first kappa shape index (κ1) is 19.7. The van der Waals surface area contributed by atoms with Gasteiger partial charge in [0.2, 0.25) is 0 Å². The number of benzene rings is 1. The number of carbonyl (C=O) groups is 3. The molecule has 1 heterocycles. The second kappa shape index (κ2) is 8.33. The number of imide groups is 2. The van der Waals surface area contributed by atoms with Crippen molar-refractivity contribution in [3.8, 4) is 17.2 Å². The monoisotopic (exact) mass is 388 g/mol. The standard InChI is InChI=1S/C20H24N2O6/c1-26-13-9-16(27-2)14(17(10-13)28-3)11-15-18(23)21-20(25)22(19(15)24)12-7-5-4-6-8-12/h9-12H,4-8H2,1-3H3,(H,21,23,25)/b15-11-. The van der Waals surface area contributed by atoms with Crippen LogP contribution >= 0.6 is 0 Å². The molecule has 0 unspecified atom stereocenters. The molecule has 1 saturated carbocycles. The van der Waals surface area contributed by atoms with E-state index in [1.165, 1.54) is 32.3 Å². The summed E-state index contributed by atoms with van der Waals surface area (Å²) in [5, 5.41) is 2.28. The summed E-state index contributed by atoms with van der Waals surface area (Å²) in [7, 11) is 4.45. The van der Waals surface area contributed by atoms with E-state index in [0.29, 0.717) is 22.8 Å². The molecule has 1 saturated heterocycles. The molecular formula is C20H24N2O6. The van der Waals surface area contributed by atoms with Crippen LogP contribution in [0, 0.1) is 0 Å². The van der Waals surface area contributed by atoms with E-state index in [9.17, 15) is 14.4 Å². The normalized spacial score (nSPS) is 19.6. The van der Waals surface area contributed by atoms with Crippen molar-refractivity contribution in [3.05, 3.63) is 23.3 Å². The van der Waals surface area contributed by atoms with Gasteiger partial charge in [0.15, 0.2) is 0 Å². The van der Waals surface area contributed by atoms with Crippen LogP contribution in [0.5, 0.6) is 17.2 Å². The van der Waals surface area contributed by atoms with Gasteiger partial charge in [-0.3, -0.25) is 19.8 Å². The van der Waals surface area contributed by atoms with Crippen LogP contribution in [0.25, 0.3) is 6.08 Å². The fraction of sp³-hybridized carbons (Fsp3) is 0.450. The number of methoxy groups -OCH3 is 3. The molecule has 0 bridgehead atoms. The zero-order chi connectivity index (χ0) is 20.3. The van der Waals surface area contributed by atoms with Crippen molar-refractivity contribution < 1.29 is 28.6 Å². The van der Waals surface area contributed by atoms with Gasteiger partial charge in [0.1, 0.15) is 22.8 Å². The number of hydrogen-bond donors (Lipinski definition) is 1. The van der Waals surface area contributed by atoms with Crippen molar-refractivity contribution in [2.24, 2.45) is 0 Å². The minimum absolute atomic E-state index is 0.132. The number of barbiturate groups is 1. The van der Waals surface area contributed by atoms with E-state index in [0.717, 1.165) is 32.1 Å². The first-order valence-electron chi connectivity index (χ1n) is 9.20. The summed E-state index contributed by atoms with van der Waals surface area (Å²) in [6.45, 7) is 0. The van der Waals surface area contributed by atoms with Crippen molar-refractivity contribution in [3.63, 3.8) is 0 Å². The van der Waals surface area contributed by atoms with Crippen LogP contribution in [0.1, 0.15) is 37.7 Å². The Kier molecular flexibility index (Phi) is 5.87. The molecule has 0 radical (unpaired) electrons. The van der Waals surface area contributed by atoms with E-state index in [2.05, 4.69) is 5.32 Å². The molecule has 2 aliphatic rings. The number of amides is 4. The molecule has 1 aromatic rings. The van der Waals surface area contributed by atoms with Crippen LogP contribution < -0.4 is 19.5 Å². The van der Waals surface area contributed by atoms with Crippen molar-refractivity contribution in [2.75, 3.05) is 21.3 Å². The van der Waals surface area contributed by atoms with Gasteiger partial charge in [-0.2, -0.15) is 0 Å². The van der Waals surface area contributed by atoms with Crippen LogP contribution in [-0.2, 0) is 9.59 Å². The summed E-state index contributed by atoms with van der Waals surface area (Å²) < 4.78 is 16.0. The second-order valence-electron chi connectivity index (χ2n) is 6.73. The van der Waals surface area contributed by atoms with Crippen LogP contribution in [0.15, 0.2) is 17.7 Å². The molecule has 0 aromatic heterocycles. The average Bonchev–Trinajstić information content (AvgIpc) is 2.71. The second-order valence-corrected chi connectivity index (χ2v) is 6.73. The third kappa shape index (κ3) is 3.67. The average molecular weight is 388 g/mol. The Morgan fingerprint density at radius 1 is 0.964 bits per heavy atom. The van der Waals surface area contributed by atoms with E-state index in [4.69, 9.17) is 14.2 Å². The fourth-order valence-electron chi connectivity index (χ4n) is 3.66. The molecule has 28 heavy (non-hydrogen) atoms. The van der Waals surface area contributed by atoms with Gasteiger partial charge in [0, 0.05) is 18.2 Å². The first-order chi connectivity index (χ1) is 13.5. The molecule has 1 aliphatic heterocycles. The summed E-state index contributed by atoms with van der Waals surface area (Å²) in [6.07, 6.45) is 5.88. The lowest BCUT2D eigenvalue weighted by molar-refractivity contribution is -0.132. The number of hydrogen-bond acceptors (Lipinski definition) is 6. The smallest absolute Gasteiger partial charge is 0.331 e. The maximum absolute atomic E-state index is 13.0. The zero-order valence-corrected chi connectivity index (χ0v) is 16.2. The fourth-order valence-corrected chi connectivity index (χ4v) is 3.66. The molecule has 1 N–H and O–H groups in total. The summed E-state index contributed by atoms with van der Waals surface area (Å²) in [4.78, 5) is 39.0. The Bertz CT molecular complexity index is 801. The van der Waals surface area contributed by atoms with Crippen molar-refractivity contribution >= 4 is 23.9 Å². The van der Waals surface area contributed by atoms with Crippen LogP contribution in [0.3, 0.4) is 0 Å². The maximum atomic E-state index is 13.0. The predicted molar refractivity (Wildman–Crippen MR) is 101 cm³/mol. The van der Waals surface area contributed by atoms with Crippen LogP contribution in [0.4, 0.5) is 4.79 Å². The number of rotatable bonds is 5. The molecule has 0 atom stereocenters. The van der Waals surface area contributed by atoms with E-state index in [1.54, 1.807) is 12.1 Å². The quantitative estimate of drug-likeness (QED) is 0.615. The molecule has 2 fully saturated rings. The molecule has 8 heteroatoms. The molecule has 150 valence electrons. The number of nitrogens with zero attached hydrogens (tertiary/aromatic N) is 1. The number of ether oxygens (including phenoxy) is 3. The molecular weight excluding hydrogens is 364 g/mol. The Hall–Kier alpha value is -3.03. The zero-order valence-electron chi connectivity index (χ0n) is 16.2. The summed E-state index contributed by atoms with van der Waals surface area (Å²) in [6, 6.07) is 2.40. The van der Waals surface area contributed by atoms with Crippen LogP contribution in [0.2, 0.25) is 0 Å². The Morgan fingerprint density at radius 3 is 2.11 bits per heavy atom. The van der Waals surface area contributed by atoms with Crippen LogP contribution in [-0.4, -0.2) is 50.1 Å². The van der Waals surface area contributed by atoms with Gasteiger partial charge in [-0.1, -0.05) is 19.3 Å². The number of nitrogens with one attached hydrogen (secondary N) is 1. The molecule has 4 amide bonds. The van der Waals surface area contributed by atoms with Gasteiger partial charge in [0.05, 0.1) is 26.9 Å². The van der Waals surface area contributed by atoms with Gasteiger partial charge in [-0.25, -0.2) is 4.79 Å². The highest BCUT2D eigenvalue weighted by Crippen LogP contribution is 2.36. The topological polar surface area (TPSA) is 94.2 Å². The van der Waals surface area contributed by atoms with Crippen molar-refractivity contribution in [1.29, 1.82) is 0 Å². The van der Waals surface area contributed by atoms with Gasteiger partial charge in [-0.15, -0.1) is 0 Å². The van der Waals surface area contributed by atoms with Crippen molar-refractivity contribution in [2.45, 2.75) is 38.1 Å². The molecule has 1 aliphatic carbocycles. The Balaban J connectivity index is 2.03. The lowest BCUT2D eigenvalue weighted by Gasteiger charge is -2.35. The number of carbonyl (C=O) groups excluding carboxylic acids is 3. The summed E-state index contributed by atoms with van der Waals surface area (Å²) >= 11 is 0. The highest BCUT2D eigenvalue weighted by atomic mass is 16.5. The Labute approximate surface area is 163 Å². The first-order valence-corrected chi connectivity index (χ1v) is 9.20. The van der Waals surface area contributed by atoms with E-state index in [1.807, 2.05) is 0 Å². The van der Waals surface area contributed by atoms with Gasteiger partial charge in [0.25, 0.3) is 11.8 Å². The van der Waals surface area contributed by atoms with Gasteiger partial charge in [-0.05, 0) is 18.9 Å². The maximum Gasteiger partial charge on any atom is 0.331 e. The third-order valence-corrected chi connectivity index (χ3v) is 5.11. The van der Waals surface area contributed by atoms with E-state index < -0.39 is 17.8 Å². The summed E-state index contributed by atoms with van der Waals surface area (Å²) in [5.41, 5.74) is 0.286. The van der Waals surface area contributed by atoms with Gasteiger partial charge >= 0.3 is 6.03 Å². The lowest BCUT2D eigenvalue weighted by Crippen LogP contribution is -2.58. The third-order valence-electron chi connectivity index (χ3n) is 5.11. The largest absolute Gasteiger partial charge is 0.496 e. The minimum atomic E-state index is -0.734. The Morgan fingerprint density at radius 2 is 1.57 bits per heavy atom. The molecule has 3 rings (SSSR count). The molecule has 0 spiro atoms. The predicted octanol–water partition coefficient (Wildman–Crippen LogP) is 2.51. The molecule has 8 nitrogen and oxygen atoms in total. The van der Waals surface area contributed by atoms with E-state index >= 15 is 0 Å². The van der Waals surface area contributed by atoms with Crippen molar-refractivity contribution in [1.82, 2.24) is 10.2 Å². The SMILES string of the molecule is COc1cc(OC)c(/C=C2/C(=O)NC(=O)N(C3CCCCC3)C2=O)c(OC)c1. The summed E-state index contributed by atoms with van der Waals surface area (Å²) in [5.74, 6) is -0.0623. The lowest BCUT2D eigenvalue weighted by atomic mass is 9.93. The highest BCUT2D eigenvalue weighted by Gasteiger charge is 2.40.